The van der Waals surface area contributed by atoms with Crippen molar-refractivity contribution in [1.82, 2.24) is 4.90 Å². The Kier molecular flexibility index (Phi) is 5.45. The van der Waals surface area contributed by atoms with Crippen molar-refractivity contribution in [2.45, 2.75) is 37.6 Å². The lowest BCUT2D eigenvalue weighted by Gasteiger charge is -2.43. The van der Waals surface area contributed by atoms with Gasteiger partial charge in [0.25, 0.3) is 0 Å². The predicted molar refractivity (Wildman–Crippen MR) is 108 cm³/mol. The number of methoxy groups -OCH3 is 1. The monoisotopic (exact) mass is 350 g/mol. The topological polar surface area (TPSA) is 15.7 Å². The molecule has 138 valence electrons. The molecule has 4 rings (SSSR count). The molecule has 2 aromatic rings. The molecular weight excluding hydrogens is 320 g/mol. The van der Waals surface area contributed by atoms with Crippen molar-refractivity contribution in [2.75, 3.05) is 38.2 Å². The van der Waals surface area contributed by atoms with Crippen LogP contribution in [0.15, 0.2) is 54.6 Å². The third-order valence-corrected chi connectivity index (χ3v) is 6.17. The van der Waals surface area contributed by atoms with E-state index in [1.165, 1.54) is 36.9 Å². The van der Waals surface area contributed by atoms with E-state index < -0.39 is 0 Å². The second kappa shape index (κ2) is 8.13. The van der Waals surface area contributed by atoms with Gasteiger partial charge in [-0.05, 0) is 42.9 Å². The number of para-hydroxylation sites is 2. The largest absolute Gasteiger partial charge is 0.495 e. The Morgan fingerprint density at radius 1 is 0.846 bits per heavy atom. The van der Waals surface area contributed by atoms with Gasteiger partial charge in [-0.1, -0.05) is 48.9 Å². The van der Waals surface area contributed by atoms with Crippen LogP contribution in [0.5, 0.6) is 5.75 Å². The summed E-state index contributed by atoms with van der Waals surface area (Å²) in [5, 5.41) is 0. The summed E-state index contributed by atoms with van der Waals surface area (Å²) >= 11 is 0. The molecule has 2 atom stereocenters. The van der Waals surface area contributed by atoms with Gasteiger partial charge in [0.05, 0.1) is 12.8 Å². The fourth-order valence-electron chi connectivity index (χ4n) is 4.74. The van der Waals surface area contributed by atoms with Gasteiger partial charge in [-0.3, -0.25) is 4.90 Å². The van der Waals surface area contributed by atoms with E-state index in [1.807, 2.05) is 6.07 Å². The van der Waals surface area contributed by atoms with Gasteiger partial charge in [0.1, 0.15) is 5.75 Å². The number of benzene rings is 2. The first kappa shape index (κ1) is 17.4. The van der Waals surface area contributed by atoms with Gasteiger partial charge in [-0.2, -0.15) is 0 Å². The van der Waals surface area contributed by atoms with Crippen LogP contribution in [-0.4, -0.2) is 44.2 Å². The van der Waals surface area contributed by atoms with Crippen LogP contribution in [0.2, 0.25) is 0 Å². The number of hydrogen-bond donors (Lipinski definition) is 0. The molecule has 0 bridgehead atoms. The van der Waals surface area contributed by atoms with E-state index in [2.05, 4.69) is 58.3 Å². The van der Waals surface area contributed by atoms with E-state index in [0.717, 1.165) is 43.9 Å². The first-order valence-corrected chi connectivity index (χ1v) is 10.0. The number of nitrogens with zero attached hydrogens (tertiary/aromatic N) is 2. The molecule has 0 radical (unpaired) electrons. The van der Waals surface area contributed by atoms with Gasteiger partial charge in [0.2, 0.25) is 0 Å². The lowest BCUT2D eigenvalue weighted by molar-refractivity contribution is 0.139. The van der Waals surface area contributed by atoms with E-state index in [4.69, 9.17) is 4.74 Å². The molecule has 1 heterocycles. The van der Waals surface area contributed by atoms with E-state index in [0.29, 0.717) is 0 Å². The predicted octanol–water partition coefficient (Wildman–Crippen LogP) is 4.54. The smallest absolute Gasteiger partial charge is 0.142 e. The highest BCUT2D eigenvalue weighted by molar-refractivity contribution is 5.58. The highest BCUT2D eigenvalue weighted by Crippen LogP contribution is 2.36. The summed E-state index contributed by atoms with van der Waals surface area (Å²) in [5.41, 5.74) is 2.77. The third-order valence-electron chi connectivity index (χ3n) is 6.17. The first-order valence-electron chi connectivity index (χ1n) is 10.0. The quantitative estimate of drug-likeness (QED) is 0.805. The van der Waals surface area contributed by atoms with Crippen molar-refractivity contribution in [2.24, 2.45) is 0 Å². The molecule has 0 amide bonds. The summed E-state index contributed by atoms with van der Waals surface area (Å²) in [7, 11) is 1.76. The maximum atomic E-state index is 5.55. The van der Waals surface area contributed by atoms with Gasteiger partial charge in [0, 0.05) is 32.2 Å². The lowest BCUT2D eigenvalue weighted by Crippen LogP contribution is -2.51. The van der Waals surface area contributed by atoms with Crippen LogP contribution < -0.4 is 9.64 Å². The van der Waals surface area contributed by atoms with Crippen LogP contribution in [0.3, 0.4) is 0 Å². The van der Waals surface area contributed by atoms with Gasteiger partial charge in [-0.15, -0.1) is 0 Å². The van der Waals surface area contributed by atoms with Gasteiger partial charge in [-0.25, -0.2) is 0 Å². The standard InChI is InChI=1S/C23H30N2O/c1-26-23-13-6-5-12-22(23)25-16-14-24(15-17-25)21-11-7-10-20(18-21)19-8-3-2-4-9-19/h2-6,8-9,12-13,20-21H,7,10-11,14-18H2,1H3/t20-,21+/m1/s1. The Balaban J connectivity index is 1.37. The summed E-state index contributed by atoms with van der Waals surface area (Å²) in [5.74, 6) is 1.73. The fourth-order valence-corrected chi connectivity index (χ4v) is 4.74. The zero-order valence-electron chi connectivity index (χ0n) is 15.8. The molecule has 1 saturated carbocycles. The zero-order valence-corrected chi connectivity index (χ0v) is 15.8. The number of hydrogen-bond acceptors (Lipinski definition) is 3. The molecule has 2 fully saturated rings. The molecular formula is C23H30N2O. The molecule has 26 heavy (non-hydrogen) atoms. The molecule has 2 aromatic carbocycles. The van der Waals surface area contributed by atoms with Crippen LogP contribution in [0, 0.1) is 0 Å². The zero-order chi connectivity index (χ0) is 17.8. The van der Waals surface area contributed by atoms with Crippen molar-refractivity contribution >= 4 is 5.69 Å². The summed E-state index contributed by atoms with van der Waals surface area (Å²) in [6.07, 6.45) is 5.38. The number of piperazine rings is 1. The van der Waals surface area contributed by atoms with Crippen LogP contribution in [0.25, 0.3) is 0 Å². The van der Waals surface area contributed by atoms with Crippen molar-refractivity contribution in [1.29, 1.82) is 0 Å². The molecule has 1 saturated heterocycles. The van der Waals surface area contributed by atoms with Crippen LogP contribution in [-0.2, 0) is 0 Å². The molecule has 0 N–H and O–H groups in total. The van der Waals surface area contributed by atoms with Gasteiger partial charge in [0.15, 0.2) is 0 Å². The van der Waals surface area contributed by atoms with Crippen LogP contribution >= 0.6 is 0 Å². The van der Waals surface area contributed by atoms with Crippen molar-refractivity contribution in [3.8, 4) is 5.75 Å². The molecule has 0 unspecified atom stereocenters. The Morgan fingerprint density at radius 3 is 2.35 bits per heavy atom. The fraction of sp³-hybridized carbons (Fsp3) is 0.478. The molecule has 0 aromatic heterocycles. The number of anilines is 1. The average molecular weight is 351 g/mol. The minimum absolute atomic E-state index is 0.738. The number of ether oxygens (including phenoxy) is 1. The highest BCUT2D eigenvalue weighted by Gasteiger charge is 2.30. The van der Waals surface area contributed by atoms with E-state index in [-0.39, 0.29) is 0 Å². The van der Waals surface area contributed by atoms with Crippen LogP contribution in [0.1, 0.15) is 37.2 Å². The summed E-state index contributed by atoms with van der Waals surface area (Å²) < 4.78 is 5.55. The van der Waals surface area contributed by atoms with E-state index in [9.17, 15) is 0 Å². The maximum absolute atomic E-state index is 5.55. The molecule has 3 nitrogen and oxygen atoms in total. The summed E-state index contributed by atoms with van der Waals surface area (Å²) in [6, 6.07) is 20.3. The van der Waals surface area contributed by atoms with Gasteiger partial charge < -0.3 is 9.64 Å². The molecule has 2 aliphatic rings. The highest BCUT2D eigenvalue weighted by atomic mass is 16.5. The van der Waals surface area contributed by atoms with Crippen molar-refractivity contribution < 1.29 is 4.74 Å². The minimum atomic E-state index is 0.738. The second-order valence-corrected chi connectivity index (χ2v) is 7.62. The summed E-state index contributed by atoms with van der Waals surface area (Å²) in [6.45, 7) is 4.49. The molecule has 1 aliphatic carbocycles. The van der Waals surface area contributed by atoms with Crippen molar-refractivity contribution in [3.05, 3.63) is 60.2 Å². The molecule has 1 aliphatic heterocycles. The molecule has 3 heteroatoms. The molecule has 0 spiro atoms. The Labute approximate surface area is 157 Å². The van der Waals surface area contributed by atoms with Crippen LogP contribution in [0.4, 0.5) is 5.69 Å². The summed E-state index contributed by atoms with van der Waals surface area (Å²) in [4.78, 5) is 5.22. The minimum Gasteiger partial charge on any atom is -0.495 e. The average Bonchev–Trinajstić information content (AvgIpc) is 2.74. The van der Waals surface area contributed by atoms with E-state index in [1.54, 1.807) is 7.11 Å². The third kappa shape index (κ3) is 3.73. The lowest BCUT2D eigenvalue weighted by atomic mass is 9.80. The first-order chi connectivity index (χ1) is 12.8. The second-order valence-electron chi connectivity index (χ2n) is 7.62. The SMILES string of the molecule is COc1ccccc1N1CCN([C@H]2CCC[C@@H](c3ccccc3)C2)CC1. The Hall–Kier alpha value is -2.00. The van der Waals surface area contributed by atoms with E-state index >= 15 is 0 Å². The van der Waals surface area contributed by atoms with Gasteiger partial charge >= 0.3 is 0 Å². The Bertz CT molecular complexity index is 694. The van der Waals surface area contributed by atoms with Crippen molar-refractivity contribution in [3.63, 3.8) is 0 Å². The number of rotatable bonds is 4. The Morgan fingerprint density at radius 2 is 1.58 bits per heavy atom. The normalized spacial score (nSPS) is 24.4. The maximum Gasteiger partial charge on any atom is 0.142 e.